The number of methoxy groups -OCH3 is 1. The highest BCUT2D eigenvalue weighted by atomic mass is 79.9. The molecule has 7 heteroatoms. The number of likely N-dealkylation sites (tertiary alicyclic amines) is 1. The van der Waals surface area contributed by atoms with Gasteiger partial charge in [-0.25, -0.2) is 4.98 Å². The monoisotopic (exact) mass is 530 g/mol. The SMILES string of the molecule is CCN1[C@H](C(=O)O)[C@@H](C(C)(C)C)[C@H](OCc2cc(Br)cnc2OC)[C@@H]1c1ccccc1C1CC1. The lowest BCUT2D eigenvalue weighted by molar-refractivity contribution is -0.146. The molecule has 2 fully saturated rings. The number of rotatable bonds is 8. The van der Waals surface area contributed by atoms with Crippen LogP contribution in [0, 0.1) is 11.3 Å². The molecule has 1 saturated carbocycles. The van der Waals surface area contributed by atoms with Crippen molar-refractivity contribution < 1.29 is 19.4 Å². The molecule has 6 nitrogen and oxygen atoms in total. The van der Waals surface area contributed by atoms with E-state index in [9.17, 15) is 9.90 Å². The van der Waals surface area contributed by atoms with Crippen LogP contribution in [-0.4, -0.2) is 46.8 Å². The molecule has 184 valence electrons. The zero-order valence-corrected chi connectivity index (χ0v) is 22.2. The number of likely N-dealkylation sites (N-methyl/N-ethyl adjacent to an activating group) is 1. The summed E-state index contributed by atoms with van der Waals surface area (Å²) in [6.45, 7) is 9.33. The summed E-state index contributed by atoms with van der Waals surface area (Å²) in [5, 5.41) is 10.4. The second kappa shape index (κ2) is 9.96. The van der Waals surface area contributed by atoms with E-state index in [4.69, 9.17) is 9.47 Å². The normalized spacial score (nSPS) is 25.5. The third kappa shape index (κ3) is 4.88. The predicted molar refractivity (Wildman–Crippen MR) is 135 cm³/mol. The van der Waals surface area contributed by atoms with Crippen molar-refractivity contribution in [2.45, 2.75) is 71.2 Å². The number of pyridine rings is 1. The van der Waals surface area contributed by atoms with Gasteiger partial charge in [0.05, 0.1) is 25.9 Å². The minimum Gasteiger partial charge on any atom is -0.481 e. The van der Waals surface area contributed by atoms with E-state index >= 15 is 0 Å². The van der Waals surface area contributed by atoms with Gasteiger partial charge in [0, 0.05) is 22.2 Å². The number of carbonyl (C=O) groups is 1. The molecule has 1 aromatic heterocycles. The van der Waals surface area contributed by atoms with Gasteiger partial charge in [-0.2, -0.15) is 0 Å². The van der Waals surface area contributed by atoms with Crippen LogP contribution in [0.2, 0.25) is 0 Å². The standard InChI is InChI=1S/C27H35BrN2O4/c1-6-30-22(20-10-8-7-9-19(20)16-11-12-16)24(21(27(2,3)4)23(30)26(31)32)34-15-17-13-18(28)14-29-25(17)33-5/h7-10,13-14,16,21-24H,6,11-12,15H2,1-5H3,(H,31,32)/t21-,22+,23+,24+/m1/s1. The quantitative estimate of drug-likeness (QED) is 0.464. The van der Waals surface area contributed by atoms with E-state index in [0.29, 0.717) is 24.9 Å². The second-order valence-corrected chi connectivity index (χ2v) is 11.4. The molecule has 2 heterocycles. The Labute approximate surface area is 210 Å². The molecule has 1 saturated heterocycles. The van der Waals surface area contributed by atoms with Gasteiger partial charge in [0.15, 0.2) is 0 Å². The molecule has 0 radical (unpaired) electrons. The highest BCUT2D eigenvalue weighted by Gasteiger charge is 2.57. The lowest BCUT2D eigenvalue weighted by atomic mass is 9.73. The summed E-state index contributed by atoms with van der Waals surface area (Å²) in [5.74, 6) is 0.0873. The van der Waals surface area contributed by atoms with Crippen LogP contribution in [0.25, 0.3) is 0 Å². The Morgan fingerprint density at radius 1 is 1.24 bits per heavy atom. The molecular weight excluding hydrogens is 496 g/mol. The Morgan fingerprint density at radius 3 is 2.47 bits per heavy atom. The molecule has 0 spiro atoms. The smallest absolute Gasteiger partial charge is 0.321 e. The Hall–Kier alpha value is -1.96. The minimum absolute atomic E-state index is 0.141. The minimum atomic E-state index is -0.788. The number of aromatic nitrogens is 1. The number of ether oxygens (including phenoxy) is 2. The Balaban J connectivity index is 1.79. The maximum Gasteiger partial charge on any atom is 0.321 e. The first-order chi connectivity index (χ1) is 16.2. The first kappa shape index (κ1) is 25.1. The van der Waals surface area contributed by atoms with Crippen molar-refractivity contribution in [1.82, 2.24) is 9.88 Å². The van der Waals surface area contributed by atoms with Crippen molar-refractivity contribution in [2.75, 3.05) is 13.7 Å². The van der Waals surface area contributed by atoms with E-state index in [1.54, 1.807) is 13.3 Å². The third-order valence-corrected chi connectivity index (χ3v) is 7.62. The molecule has 1 aliphatic carbocycles. The fraction of sp³-hybridized carbons (Fsp3) is 0.556. The van der Waals surface area contributed by atoms with Crippen LogP contribution in [0.4, 0.5) is 0 Å². The molecule has 2 aromatic rings. The fourth-order valence-electron chi connectivity index (χ4n) is 5.64. The highest BCUT2D eigenvalue weighted by molar-refractivity contribution is 9.10. The van der Waals surface area contributed by atoms with Crippen molar-refractivity contribution in [3.63, 3.8) is 0 Å². The van der Waals surface area contributed by atoms with Gasteiger partial charge in [-0.15, -0.1) is 0 Å². The molecule has 4 rings (SSSR count). The van der Waals surface area contributed by atoms with Gasteiger partial charge >= 0.3 is 5.97 Å². The van der Waals surface area contributed by atoms with Gasteiger partial charge in [-0.1, -0.05) is 52.0 Å². The van der Waals surface area contributed by atoms with Gasteiger partial charge in [-0.05, 0) is 63.8 Å². The van der Waals surface area contributed by atoms with E-state index in [1.807, 2.05) is 13.0 Å². The van der Waals surface area contributed by atoms with E-state index in [-0.39, 0.29) is 23.5 Å². The number of carboxylic acids is 1. The summed E-state index contributed by atoms with van der Waals surface area (Å²) in [5.41, 5.74) is 3.10. The van der Waals surface area contributed by atoms with Crippen LogP contribution in [-0.2, 0) is 16.1 Å². The number of carboxylic acid groups (broad SMARTS) is 1. The number of aliphatic carboxylic acids is 1. The topological polar surface area (TPSA) is 71.9 Å². The first-order valence-corrected chi connectivity index (χ1v) is 12.8. The molecular formula is C27H35BrN2O4. The van der Waals surface area contributed by atoms with Crippen molar-refractivity contribution >= 4 is 21.9 Å². The summed E-state index contributed by atoms with van der Waals surface area (Å²) in [6, 6.07) is 9.71. The van der Waals surface area contributed by atoms with Crippen molar-refractivity contribution in [3.05, 3.63) is 57.7 Å². The Kier molecular flexibility index (Phi) is 7.36. The number of hydrogen-bond acceptors (Lipinski definition) is 5. The van der Waals surface area contributed by atoms with Gasteiger partial charge in [0.25, 0.3) is 0 Å². The second-order valence-electron chi connectivity index (χ2n) is 10.5. The molecule has 1 aliphatic heterocycles. The van der Waals surface area contributed by atoms with Crippen LogP contribution in [0.15, 0.2) is 41.0 Å². The highest BCUT2D eigenvalue weighted by Crippen LogP contribution is 2.52. The lowest BCUT2D eigenvalue weighted by Crippen LogP contribution is -2.44. The van der Waals surface area contributed by atoms with E-state index < -0.39 is 12.0 Å². The van der Waals surface area contributed by atoms with Crippen LogP contribution >= 0.6 is 15.9 Å². The number of benzene rings is 1. The lowest BCUT2D eigenvalue weighted by Gasteiger charge is -2.35. The van der Waals surface area contributed by atoms with Crippen molar-refractivity contribution in [1.29, 1.82) is 0 Å². The summed E-state index contributed by atoms with van der Waals surface area (Å²) >= 11 is 3.49. The molecule has 4 atom stereocenters. The fourth-order valence-corrected chi connectivity index (χ4v) is 6.02. The van der Waals surface area contributed by atoms with Gasteiger partial charge in [0.2, 0.25) is 5.88 Å². The predicted octanol–water partition coefficient (Wildman–Crippen LogP) is 5.81. The molecule has 34 heavy (non-hydrogen) atoms. The molecule has 1 N–H and O–H groups in total. The molecule has 0 unspecified atom stereocenters. The molecule has 1 aromatic carbocycles. The van der Waals surface area contributed by atoms with Gasteiger partial charge in [-0.3, -0.25) is 9.69 Å². The maximum absolute atomic E-state index is 12.7. The zero-order valence-electron chi connectivity index (χ0n) is 20.6. The Bertz CT molecular complexity index is 1030. The largest absolute Gasteiger partial charge is 0.481 e. The van der Waals surface area contributed by atoms with Crippen LogP contribution in [0.3, 0.4) is 0 Å². The molecule has 0 bridgehead atoms. The average molecular weight is 531 g/mol. The van der Waals surface area contributed by atoms with Crippen molar-refractivity contribution in [2.24, 2.45) is 11.3 Å². The van der Waals surface area contributed by atoms with E-state index in [2.05, 4.69) is 70.9 Å². The van der Waals surface area contributed by atoms with Gasteiger partial charge in [0.1, 0.15) is 6.04 Å². The third-order valence-electron chi connectivity index (χ3n) is 7.19. The zero-order chi connectivity index (χ0) is 24.6. The molecule has 0 amide bonds. The molecule has 2 aliphatic rings. The van der Waals surface area contributed by atoms with Crippen LogP contribution in [0.1, 0.15) is 69.2 Å². The first-order valence-electron chi connectivity index (χ1n) is 12.0. The number of hydrogen-bond donors (Lipinski definition) is 1. The van der Waals surface area contributed by atoms with E-state index in [0.717, 1.165) is 10.0 Å². The summed E-state index contributed by atoms with van der Waals surface area (Å²) in [6.07, 6.45) is 3.77. The summed E-state index contributed by atoms with van der Waals surface area (Å²) in [4.78, 5) is 19.2. The maximum atomic E-state index is 12.7. The van der Waals surface area contributed by atoms with E-state index in [1.165, 1.54) is 24.0 Å². The van der Waals surface area contributed by atoms with Crippen LogP contribution in [0.5, 0.6) is 5.88 Å². The van der Waals surface area contributed by atoms with Gasteiger partial charge < -0.3 is 14.6 Å². The number of nitrogens with zero attached hydrogens (tertiary/aromatic N) is 2. The Morgan fingerprint density at radius 2 is 1.91 bits per heavy atom. The summed E-state index contributed by atoms with van der Waals surface area (Å²) < 4.78 is 13.0. The van der Waals surface area contributed by atoms with Crippen molar-refractivity contribution in [3.8, 4) is 5.88 Å². The average Bonchev–Trinajstić information content (AvgIpc) is 3.57. The van der Waals surface area contributed by atoms with Crippen LogP contribution < -0.4 is 4.74 Å². The number of halogens is 1. The summed E-state index contributed by atoms with van der Waals surface area (Å²) in [7, 11) is 1.60.